The van der Waals surface area contributed by atoms with Crippen LogP contribution in [0, 0.1) is 0 Å². The topological polar surface area (TPSA) is 86.4 Å². The SMILES string of the molecule is BrC1=C(Nc2cc(C3CC3)[nH]n2)NC(Nc2ccc(Oc3ccccc3)cc2)N=C1. The second-order valence-corrected chi connectivity index (χ2v) is 8.09. The van der Waals surface area contributed by atoms with Gasteiger partial charge in [0.15, 0.2) is 12.1 Å². The van der Waals surface area contributed by atoms with Gasteiger partial charge in [-0.25, -0.2) is 4.99 Å². The Morgan fingerprint density at radius 1 is 1.00 bits per heavy atom. The second-order valence-electron chi connectivity index (χ2n) is 7.24. The Labute approximate surface area is 182 Å². The number of aromatic nitrogens is 2. The molecule has 152 valence electrons. The number of aromatic amines is 1. The number of ether oxygens (including phenoxy) is 1. The highest BCUT2D eigenvalue weighted by Crippen LogP contribution is 2.39. The van der Waals surface area contributed by atoms with E-state index in [0.717, 1.165) is 33.3 Å². The molecule has 7 nitrogen and oxygen atoms in total. The van der Waals surface area contributed by atoms with Crippen molar-refractivity contribution >= 4 is 33.6 Å². The van der Waals surface area contributed by atoms with Crippen molar-refractivity contribution in [1.82, 2.24) is 15.5 Å². The Bertz CT molecular complexity index is 1070. The van der Waals surface area contributed by atoms with E-state index in [1.165, 1.54) is 18.5 Å². The molecule has 2 heterocycles. The third-order valence-electron chi connectivity index (χ3n) is 4.86. The quantitative estimate of drug-likeness (QED) is 0.389. The van der Waals surface area contributed by atoms with Gasteiger partial charge in [-0.15, -0.1) is 0 Å². The number of halogens is 1. The largest absolute Gasteiger partial charge is 0.457 e. The Balaban J connectivity index is 1.19. The minimum atomic E-state index is -0.309. The Morgan fingerprint density at radius 3 is 2.53 bits per heavy atom. The van der Waals surface area contributed by atoms with Crippen LogP contribution in [-0.4, -0.2) is 22.7 Å². The number of benzene rings is 2. The average molecular weight is 465 g/mol. The lowest BCUT2D eigenvalue weighted by molar-refractivity contribution is 0.482. The van der Waals surface area contributed by atoms with Crippen molar-refractivity contribution in [2.75, 3.05) is 10.6 Å². The van der Waals surface area contributed by atoms with Crippen LogP contribution >= 0.6 is 15.9 Å². The zero-order valence-corrected chi connectivity index (χ0v) is 17.7. The van der Waals surface area contributed by atoms with E-state index in [0.29, 0.717) is 5.92 Å². The fraction of sp³-hybridized carbons (Fsp3) is 0.182. The standard InChI is InChI=1S/C22H21BrN6O/c23-18-13-24-22(27-21(18)26-20-12-19(28-29-20)14-6-7-14)25-15-8-10-17(11-9-15)30-16-4-2-1-3-5-16/h1-5,8-14,22,25,27H,6-7H2,(H2,26,28,29). The molecule has 1 aliphatic carbocycles. The molecule has 5 rings (SSSR count). The summed E-state index contributed by atoms with van der Waals surface area (Å²) in [5.41, 5.74) is 2.12. The van der Waals surface area contributed by atoms with Crippen molar-refractivity contribution < 1.29 is 4.74 Å². The van der Waals surface area contributed by atoms with E-state index in [4.69, 9.17) is 4.74 Å². The summed E-state index contributed by atoms with van der Waals surface area (Å²) in [6, 6.07) is 19.6. The number of rotatable bonds is 7. The molecule has 1 unspecified atom stereocenters. The maximum absolute atomic E-state index is 5.84. The molecular formula is C22H21BrN6O. The van der Waals surface area contributed by atoms with Crippen LogP contribution in [0.2, 0.25) is 0 Å². The first-order chi connectivity index (χ1) is 14.7. The van der Waals surface area contributed by atoms with Crippen LogP contribution in [0.4, 0.5) is 11.5 Å². The third-order valence-corrected chi connectivity index (χ3v) is 5.46. The number of hydrogen-bond donors (Lipinski definition) is 4. The summed E-state index contributed by atoms with van der Waals surface area (Å²) in [6.45, 7) is 0. The number of para-hydroxylation sites is 1. The number of aliphatic imine (C=N–C) groups is 1. The van der Waals surface area contributed by atoms with E-state index in [1.54, 1.807) is 6.21 Å². The van der Waals surface area contributed by atoms with Gasteiger partial charge >= 0.3 is 0 Å². The maximum Gasteiger partial charge on any atom is 0.195 e. The van der Waals surface area contributed by atoms with Crippen LogP contribution in [-0.2, 0) is 0 Å². The highest BCUT2D eigenvalue weighted by atomic mass is 79.9. The van der Waals surface area contributed by atoms with Gasteiger partial charge in [-0.1, -0.05) is 18.2 Å². The lowest BCUT2D eigenvalue weighted by Gasteiger charge is -2.24. The average Bonchev–Trinajstić information content (AvgIpc) is 3.52. The van der Waals surface area contributed by atoms with Crippen LogP contribution in [0.3, 0.4) is 0 Å². The number of anilines is 2. The summed E-state index contributed by atoms with van der Waals surface area (Å²) in [5, 5.41) is 17.5. The molecule has 0 bridgehead atoms. The number of nitrogens with zero attached hydrogens (tertiary/aromatic N) is 2. The van der Waals surface area contributed by atoms with Crippen LogP contribution in [0.25, 0.3) is 0 Å². The third kappa shape index (κ3) is 4.49. The lowest BCUT2D eigenvalue weighted by Crippen LogP contribution is -2.39. The molecule has 0 saturated heterocycles. The molecule has 0 amide bonds. The van der Waals surface area contributed by atoms with E-state index in [2.05, 4.69) is 53.1 Å². The fourth-order valence-corrected chi connectivity index (χ4v) is 3.48. The molecule has 1 atom stereocenters. The zero-order chi connectivity index (χ0) is 20.3. The first kappa shape index (κ1) is 18.7. The van der Waals surface area contributed by atoms with Gasteiger partial charge in [0.1, 0.15) is 17.3 Å². The molecule has 2 aromatic carbocycles. The van der Waals surface area contributed by atoms with E-state index in [1.807, 2.05) is 54.6 Å². The summed E-state index contributed by atoms with van der Waals surface area (Å²) in [4.78, 5) is 4.48. The second kappa shape index (κ2) is 8.23. The molecule has 1 fully saturated rings. The minimum Gasteiger partial charge on any atom is -0.457 e. The van der Waals surface area contributed by atoms with Crippen molar-refractivity contribution in [2.24, 2.45) is 4.99 Å². The fourth-order valence-electron chi connectivity index (χ4n) is 3.15. The van der Waals surface area contributed by atoms with Gasteiger partial charge < -0.3 is 20.7 Å². The molecule has 8 heteroatoms. The lowest BCUT2D eigenvalue weighted by atomic mass is 10.3. The predicted molar refractivity (Wildman–Crippen MR) is 122 cm³/mol. The van der Waals surface area contributed by atoms with Crippen LogP contribution in [0.1, 0.15) is 24.5 Å². The van der Waals surface area contributed by atoms with E-state index in [-0.39, 0.29) is 6.29 Å². The molecular weight excluding hydrogens is 444 g/mol. The van der Waals surface area contributed by atoms with Crippen molar-refractivity contribution in [3.63, 3.8) is 0 Å². The van der Waals surface area contributed by atoms with E-state index >= 15 is 0 Å². The van der Waals surface area contributed by atoms with Gasteiger partial charge in [-0.2, -0.15) is 5.10 Å². The predicted octanol–water partition coefficient (Wildman–Crippen LogP) is 5.13. The van der Waals surface area contributed by atoms with Crippen LogP contribution in [0.5, 0.6) is 11.5 Å². The first-order valence-corrected chi connectivity index (χ1v) is 10.6. The highest BCUT2D eigenvalue weighted by molar-refractivity contribution is 9.12. The molecule has 4 N–H and O–H groups in total. The Kier molecular flexibility index (Phi) is 5.15. The van der Waals surface area contributed by atoms with E-state index in [9.17, 15) is 0 Å². The molecule has 1 aromatic heterocycles. The zero-order valence-electron chi connectivity index (χ0n) is 16.1. The normalized spacial score (nSPS) is 18.1. The number of allylic oxidation sites excluding steroid dienone is 1. The van der Waals surface area contributed by atoms with Crippen LogP contribution in [0.15, 0.2) is 76.0 Å². The van der Waals surface area contributed by atoms with Crippen molar-refractivity contribution in [3.05, 3.63) is 76.7 Å². The van der Waals surface area contributed by atoms with Gasteiger partial charge in [-0.05, 0) is 65.2 Å². The summed E-state index contributed by atoms with van der Waals surface area (Å²) in [5.74, 6) is 3.82. The Morgan fingerprint density at radius 2 is 1.77 bits per heavy atom. The van der Waals surface area contributed by atoms with E-state index < -0.39 is 0 Å². The van der Waals surface area contributed by atoms with Gasteiger partial charge in [0, 0.05) is 29.6 Å². The van der Waals surface area contributed by atoms with Gasteiger partial charge in [0.25, 0.3) is 0 Å². The van der Waals surface area contributed by atoms with Gasteiger partial charge in [0.2, 0.25) is 0 Å². The number of hydrogen-bond acceptors (Lipinski definition) is 6. The van der Waals surface area contributed by atoms with Gasteiger partial charge in [-0.3, -0.25) is 5.10 Å². The summed E-state index contributed by atoms with van der Waals surface area (Å²) in [7, 11) is 0. The molecule has 0 radical (unpaired) electrons. The molecule has 2 aliphatic rings. The van der Waals surface area contributed by atoms with Crippen LogP contribution < -0.4 is 20.7 Å². The smallest absolute Gasteiger partial charge is 0.195 e. The summed E-state index contributed by atoms with van der Waals surface area (Å²) < 4.78 is 6.67. The summed E-state index contributed by atoms with van der Waals surface area (Å²) >= 11 is 3.54. The highest BCUT2D eigenvalue weighted by Gasteiger charge is 2.26. The molecule has 1 aliphatic heterocycles. The van der Waals surface area contributed by atoms with Crippen molar-refractivity contribution in [1.29, 1.82) is 0 Å². The number of H-pyrrole nitrogens is 1. The Hall–Kier alpha value is -3.26. The summed E-state index contributed by atoms with van der Waals surface area (Å²) in [6.07, 6.45) is 3.94. The van der Waals surface area contributed by atoms with Crippen molar-refractivity contribution in [2.45, 2.75) is 25.0 Å². The van der Waals surface area contributed by atoms with Crippen molar-refractivity contribution in [3.8, 4) is 11.5 Å². The maximum atomic E-state index is 5.84. The molecule has 1 saturated carbocycles. The monoisotopic (exact) mass is 464 g/mol. The molecule has 30 heavy (non-hydrogen) atoms. The molecule has 0 spiro atoms. The number of nitrogens with one attached hydrogen (secondary N) is 4. The molecule has 3 aromatic rings. The first-order valence-electron chi connectivity index (χ1n) is 9.84. The minimum absolute atomic E-state index is 0.309. The van der Waals surface area contributed by atoms with Gasteiger partial charge in [0.05, 0.1) is 4.48 Å².